The standard InChI is InChI=1S/C31H31Cl2N5O6/c1-19-26(37(30(41)42)14-15-44-19)20-4-8-23(9-5-20)38-25(33)16-24-27(38)34-18-36(29(24)40)17-31(43)10-12-35(13-11-31)28(39)21-2-6-22(32)7-3-21/h2-9,16,18-19,26,43H,10-15,17H2,1H3,(H,41,42)/t19-,26+/m1/s1. The Morgan fingerprint density at radius 3 is 2.39 bits per heavy atom. The fourth-order valence-electron chi connectivity index (χ4n) is 6.13. The second-order valence-corrected chi connectivity index (χ2v) is 12.2. The monoisotopic (exact) mass is 639 g/mol. The van der Waals surface area contributed by atoms with Crippen LogP contribution in [0, 0.1) is 0 Å². The zero-order valence-corrected chi connectivity index (χ0v) is 25.4. The topological polar surface area (TPSA) is 130 Å². The molecule has 2 aromatic heterocycles. The molecule has 2 atom stereocenters. The van der Waals surface area contributed by atoms with E-state index in [-0.39, 0.29) is 35.8 Å². The number of fused-ring (bicyclic) bond motifs is 1. The molecule has 2 aromatic carbocycles. The molecule has 0 saturated carbocycles. The summed E-state index contributed by atoms with van der Waals surface area (Å²) in [7, 11) is 0. The Morgan fingerprint density at radius 1 is 1.05 bits per heavy atom. The van der Waals surface area contributed by atoms with Gasteiger partial charge in [-0.25, -0.2) is 9.78 Å². The minimum Gasteiger partial charge on any atom is -0.465 e. The molecular weight excluding hydrogens is 609 g/mol. The molecule has 6 rings (SSSR count). The minimum atomic E-state index is -1.19. The third-order valence-corrected chi connectivity index (χ3v) is 9.04. The van der Waals surface area contributed by atoms with Gasteiger partial charge in [0.15, 0.2) is 5.65 Å². The molecule has 2 amide bonds. The number of amides is 2. The Balaban J connectivity index is 1.20. The number of benzene rings is 2. The van der Waals surface area contributed by atoms with Gasteiger partial charge in [-0.15, -0.1) is 0 Å². The number of aromatic nitrogens is 3. The Hall–Kier alpha value is -3.90. The van der Waals surface area contributed by atoms with Gasteiger partial charge in [0.05, 0.1) is 36.3 Å². The summed E-state index contributed by atoms with van der Waals surface area (Å²) in [6, 6.07) is 15.0. The van der Waals surface area contributed by atoms with E-state index < -0.39 is 17.7 Å². The van der Waals surface area contributed by atoms with Crippen molar-refractivity contribution in [2.45, 2.75) is 44.1 Å². The normalized spacial score (nSPS) is 20.2. The van der Waals surface area contributed by atoms with Gasteiger partial charge in [-0.1, -0.05) is 35.3 Å². The Labute approximate surface area is 262 Å². The van der Waals surface area contributed by atoms with E-state index in [4.69, 9.17) is 27.9 Å². The fourth-order valence-corrected chi connectivity index (χ4v) is 6.54. The van der Waals surface area contributed by atoms with E-state index in [0.717, 1.165) is 5.56 Å². The quantitative estimate of drug-likeness (QED) is 0.326. The van der Waals surface area contributed by atoms with Gasteiger partial charge in [-0.05, 0) is 67.8 Å². The number of halogens is 2. The lowest BCUT2D eigenvalue weighted by atomic mass is 9.91. The molecule has 2 fully saturated rings. The predicted molar refractivity (Wildman–Crippen MR) is 165 cm³/mol. The molecule has 0 radical (unpaired) electrons. The summed E-state index contributed by atoms with van der Waals surface area (Å²) in [6.07, 6.45) is 0.689. The van der Waals surface area contributed by atoms with E-state index in [9.17, 15) is 24.6 Å². The number of rotatable bonds is 5. The number of morpholine rings is 1. The maximum absolute atomic E-state index is 13.5. The van der Waals surface area contributed by atoms with Crippen LogP contribution in [0.25, 0.3) is 16.7 Å². The van der Waals surface area contributed by atoms with Gasteiger partial charge in [0.2, 0.25) is 0 Å². The summed E-state index contributed by atoms with van der Waals surface area (Å²) in [4.78, 5) is 45.8. The van der Waals surface area contributed by atoms with Crippen molar-refractivity contribution in [2.24, 2.45) is 0 Å². The molecule has 2 N–H and O–H groups in total. The van der Waals surface area contributed by atoms with Crippen molar-refractivity contribution in [1.29, 1.82) is 0 Å². The van der Waals surface area contributed by atoms with Crippen LogP contribution in [0.3, 0.4) is 0 Å². The largest absolute Gasteiger partial charge is 0.465 e. The summed E-state index contributed by atoms with van der Waals surface area (Å²) in [5, 5.41) is 22.2. The van der Waals surface area contributed by atoms with Gasteiger partial charge < -0.3 is 19.8 Å². The molecule has 2 saturated heterocycles. The Kier molecular flexibility index (Phi) is 8.14. The van der Waals surface area contributed by atoms with Gasteiger partial charge in [0.25, 0.3) is 11.5 Å². The first kappa shape index (κ1) is 30.1. The third-order valence-electron chi connectivity index (χ3n) is 8.51. The van der Waals surface area contributed by atoms with Gasteiger partial charge >= 0.3 is 6.09 Å². The molecule has 0 bridgehead atoms. The van der Waals surface area contributed by atoms with E-state index in [2.05, 4.69) is 4.98 Å². The molecule has 44 heavy (non-hydrogen) atoms. The average Bonchev–Trinajstić information content (AvgIpc) is 3.35. The highest BCUT2D eigenvalue weighted by Crippen LogP contribution is 2.32. The number of likely N-dealkylation sites (tertiary alicyclic amines) is 1. The van der Waals surface area contributed by atoms with E-state index in [1.165, 1.54) is 15.8 Å². The smallest absolute Gasteiger partial charge is 0.407 e. The lowest BCUT2D eigenvalue weighted by Gasteiger charge is -2.38. The van der Waals surface area contributed by atoms with Crippen LogP contribution < -0.4 is 5.56 Å². The van der Waals surface area contributed by atoms with Gasteiger partial charge in [-0.2, -0.15) is 0 Å². The molecule has 0 unspecified atom stereocenters. The molecule has 2 aliphatic rings. The number of carbonyl (C=O) groups excluding carboxylic acids is 1. The van der Waals surface area contributed by atoms with Crippen molar-refractivity contribution in [3.05, 3.63) is 92.6 Å². The van der Waals surface area contributed by atoms with Crippen LogP contribution in [-0.4, -0.2) is 84.1 Å². The van der Waals surface area contributed by atoms with Crippen LogP contribution in [0.2, 0.25) is 10.2 Å². The summed E-state index contributed by atoms with van der Waals surface area (Å²) >= 11 is 12.5. The van der Waals surface area contributed by atoms with Crippen LogP contribution >= 0.6 is 23.2 Å². The first-order valence-corrected chi connectivity index (χ1v) is 15.1. The van der Waals surface area contributed by atoms with Crippen molar-refractivity contribution >= 4 is 46.2 Å². The van der Waals surface area contributed by atoms with Crippen LogP contribution in [0.1, 0.15) is 41.7 Å². The number of hydrogen-bond donors (Lipinski definition) is 2. The van der Waals surface area contributed by atoms with Crippen molar-refractivity contribution in [3.63, 3.8) is 0 Å². The maximum atomic E-state index is 13.5. The highest BCUT2D eigenvalue weighted by Gasteiger charge is 2.36. The van der Waals surface area contributed by atoms with Crippen molar-refractivity contribution in [3.8, 4) is 5.69 Å². The van der Waals surface area contributed by atoms with Crippen LogP contribution in [0.5, 0.6) is 0 Å². The van der Waals surface area contributed by atoms with Gasteiger partial charge in [0.1, 0.15) is 11.5 Å². The number of carbonyl (C=O) groups is 2. The molecule has 11 nitrogen and oxygen atoms in total. The van der Waals surface area contributed by atoms with Crippen molar-refractivity contribution in [2.75, 3.05) is 26.2 Å². The number of carboxylic acid groups (broad SMARTS) is 1. The molecular formula is C31H31Cl2N5O6. The molecule has 4 aromatic rings. The zero-order chi connectivity index (χ0) is 31.2. The molecule has 4 heterocycles. The van der Waals surface area contributed by atoms with E-state index in [0.29, 0.717) is 59.8 Å². The van der Waals surface area contributed by atoms with Crippen molar-refractivity contribution < 1.29 is 24.5 Å². The second kappa shape index (κ2) is 11.9. The summed E-state index contributed by atoms with van der Waals surface area (Å²) in [5.41, 5.74) is 0.789. The number of ether oxygens (including phenoxy) is 1. The molecule has 0 aliphatic carbocycles. The van der Waals surface area contributed by atoms with Gasteiger partial charge in [-0.3, -0.25) is 23.6 Å². The third kappa shape index (κ3) is 5.68. The maximum Gasteiger partial charge on any atom is 0.407 e. The lowest BCUT2D eigenvalue weighted by Crippen LogP contribution is -2.49. The van der Waals surface area contributed by atoms with E-state index in [1.54, 1.807) is 51.9 Å². The second-order valence-electron chi connectivity index (χ2n) is 11.3. The van der Waals surface area contributed by atoms with Crippen LogP contribution in [0.15, 0.2) is 65.7 Å². The minimum absolute atomic E-state index is 0.0248. The SMILES string of the molecule is C[C@H]1OCCN(C(=O)O)[C@@H]1c1ccc(-n2c(Cl)cc3c(=O)n(CC4(O)CCN(C(=O)c5ccc(Cl)cc5)CC4)cnc32)cc1. The van der Waals surface area contributed by atoms with E-state index in [1.807, 2.05) is 19.1 Å². The average molecular weight is 641 g/mol. The number of hydrogen-bond acceptors (Lipinski definition) is 6. The summed E-state index contributed by atoms with van der Waals surface area (Å²) < 4.78 is 8.74. The molecule has 0 spiro atoms. The Morgan fingerprint density at radius 2 is 1.73 bits per heavy atom. The number of aliphatic hydroxyl groups is 1. The summed E-state index contributed by atoms with van der Waals surface area (Å²) in [5.74, 6) is -0.131. The zero-order valence-electron chi connectivity index (χ0n) is 23.9. The Bertz CT molecular complexity index is 1760. The van der Waals surface area contributed by atoms with Gasteiger partial charge in [0, 0.05) is 35.9 Å². The molecule has 230 valence electrons. The molecule has 2 aliphatic heterocycles. The summed E-state index contributed by atoms with van der Waals surface area (Å²) in [6.45, 7) is 3.19. The number of nitrogens with zero attached hydrogens (tertiary/aromatic N) is 5. The predicted octanol–water partition coefficient (Wildman–Crippen LogP) is 4.60. The van der Waals surface area contributed by atoms with Crippen LogP contribution in [0.4, 0.5) is 4.79 Å². The molecule has 13 heteroatoms. The number of piperidine rings is 1. The first-order chi connectivity index (χ1) is 21.0. The highest BCUT2D eigenvalue weighted by atomic mass is 35.5. The highest BCUT2D eigenvalue weighted by molar-refractivity contribution is 6.31. The first-order valence-electron chi connectivity index (χ1n) is 14.3. The lowest BCUT2D eigenvalue weighted by molar-refractivity contribution is -0.0532. The van der Waals surface area contributed by atoms with Crippen molar-refractivity contribution in [1.82, 2.24) is 23.9 Å². The van der Waals surface area contributed by atoms with E-state index >= 15 is 0 Å². The van der Waals surface area contributed by atoms with Crippen LogP contribution in [-0.2, 0) is 11.3 Å². The fraction of sp³-hybridized carbons (Fsp3) is 0.355.